The Kier molecular flexibility index (Phi) is 4.93. The van der Waals surface area contributed by atoms with Gasteiger partial charge in [-0.25, -0.2) is 4.39 Å². The quantitative estimate of drug-likeness (QED) is 0.852. The molecule has 1 aliphatic heterocycles. The van der Waals surface area contributed by atoms with E-state index in [-0.39, 0.29) is 11.5 Å². The summed E-state index contributed by atoms with van der Waals surface area (Å²) in [4.78, 5) is 14.1. The molecular formula is C14H17BrFNO2. The second kappa shape index (κ2) is 6.48. The molecule has 0 N–H and O–H groups in total. The van der Waals surface area contributed by atoms with Gasteiger partial charge >= 0.3 is 0 Å². The van der Waals surface area contributed by atoms with Crippen LogP contribution in [0.15, 0.2) is 22.7 Å². The zero-order valence-corrected chi connectivity index (χ0v) is 12.5. The smallest absolute Gasteiger partial charge is 0.257 e. The van der Waals surface area contributed by atoms with E-state index >= 15 is 0 Å². The average Bonchev–Trinajstić information content (AvgIpc) is 2.39. The van der Waals surface area contributed by atoms with Gasteiger partial charge in [-0.15, -0.1) is 0 Å². The van der Waals surface area contributed by atoms with E-state index in [2.05, 4.69) is 15.9 Å². The third kappa shape index (κ3) is 3.34. The number of likely N-dealkylation sites (tertiary alicyclic amines) is 1. The highest BCUT2D eigenvalue weighted by Gasteiger charge is 2.27. The number of hydrogen-bond acceptors (Lipinski definition) is 2. The lowest BCUT2D eigenvalue weighted by atomic mass is 9.98. The van der Waals surface area contributed by atoms with Gasteiger partial charge < -0.3 is 9.64 Å². The van der Waals surface area contributed by atoms with Crippen LogP contribution in [0.1, 0.15) is 23.2 Å². The Bertz CT molecular complexity index is 445. The molecule has 0 radical (unpaired) electrons. The van der Waals surface area contributed by atoms with E-state index < -0.39 is 5.82 Å². The number of halogens is 2. The van der Waals surface area contributed by atoms with Gasteiger partial charge in [0.25, 0.3) is 5.91 Å². The fourth-order valence-corrected chi connectivity index (χ4v) is 2.99. The summed E-state index contributed by atoms with van der Waals surface area (Å²) < 4.78 is 19.4. The zero-order valence-electron chi connectivity index (χ0n) is 10.9. The molecule has 1 aromatic carbocycles. The Hall–Kier alpha value is -0.940. The number of rotatable bonds is 3. The van der Waals surface area contributed by atoms with Crippen LogP contribution in [0.3, 0.4) is 0 Å². The normalized spacial score (nSPS) is 19.5. The number of amides is 1. The number of benzene rings is 1. The van der Waals surface area contributed by atoms with Crippen molar-refractivity contribution in [3.8, 4) is 0 Å². The molecule has 19 heavy (non-hydrogen) atoms. The summed E-state index contributed by atoms with van der Waals surface area (Å²) in [5.74, 6) is -0.382. The average molecular weight is 330 g/mol. The van der Waals surface area contributed by atoms with Crippen molar-refractivity contribution in [3.63, 3.8) is 0 Å². The molecule has 3 nitrogen and oxygen atoms in total. The molecule has 1 aliphatic rings. The second-order valence-electron chi connectivity index (χ2n) is 4.81. The van der Waals surface area contributed by atoms with Crippen molar-refractivity contribution in [3.05, 3.63) is 34.1 Å². The summed E-state index contributed by atoms with van der Waals surface area (Å²) in [6.07, 6.45) is 1.99. The summed E-state index contributed by atoms with van der Waals surface area (Å²) in [5.41, 5.74) is 0.126. The molecule has 0 aliphatic carbocycles. The molecular weight excluding hydrogens is 313 g/mol. The minimum absolute atomic E-state index is 0.126. The zero-order chi connectivity index (χ0) is 13.8. The van der Waals surface area contributed by atoms with Crippen LogP contribution < -0.4 is 0 Å². The predicted octanol–water partition coefficient (Wildman–Crippen LogP) is 3.09. The monoisotopic (exact) mass is 329 g/mol. The predicted molar refractivity (Wildman–Crippen MR) is 74.6 cm³/mol. The van der Waals surface area contributed by atoms with Crippen LogP contribution in [-0.2, 0) is 4.74 Å². The fraction of sp³-hybridized carbons (Fsp3) is 0.500. The molecule has 1 atom stereocenters. The topological polar surface area (TPSA) is 29.5 Å². The molecule has 1 amide bonds. The van der Waals surface area contributed by atoms with Gasteiger partial charge in [-0.05, 0) is 46.8 Å². The highest BCUT2D eigenvalue weighted by Crippen LogP contribution is 2.24. The molecule has 1 unspecified atom stereocenters. The van der Waals surface area contributed by atoms with Gasteiger partial charge in [0.15, 0.2) is 0 Å². The highest BCUT2D eigenvalue weighted by atomic mass is 79.9. The van der Waals surface area contributed by atoms with Crippen LogP contribution in [0.25, 0.3) is 0 Å². The van der Waals surface area contributed by atoms with Crippen molar-refractivity contribution >= 4 is 21.8 Å². The number of methoxy groups -OCH3 is 1. The summed E-state index contributed by atoms with van der Waals surface area (Å²) in [6, 6.07) is 4.58. The van der Waals surface area contributed by atoms with Gasteiger partial charge in [-0.3, -0.25) is 4.79 Å². The maximum Gasteiger partial charge on any atom is 0.257 e. The summed E-state index contributed by atoms with van der Waals surface area (Å²) in [7, 11) is 1.66. The third-order valence-corrected chi connectivity index (χ3v) is 4.05. The third-order valence-electron chi connectivity index (χ3n) is 3.39. The van der Waals surface area contributed by atoms with Gasteiger partial charge in [0, 0.05) is 24.7 Å². The molecule has 2 rings (SSSR count). The molecule has 1 fully saturated rings. The van der Waals surface area contributed by atoms with Crippen LogP contribution in [0.2, 0.25) is 0 Å². The van der Waals surface area contributed by atoms with Crippen molar-refractivity contribution in [2.45, 2.75) is 12.8 Å². The molecule has 104 valence electrons. The van der Waals surface area contributed by atoms with Gasteiger partial charge in [0.1, 0.15) is 5.82 Å². The molecule has 1 saturated heterocycles. The minimum atomic E-state index is -0.478. The summed E-state index contributed by atoms with van der Waals surface area (Å²) >= 11 is 3.25. The Morgan fingerprint density at radius 1 is 1.58 bits per heavy atom. The van der Waals surface area contributed by atoms with Crippen LogP contribution in [0.4, 0.5) is 4.39 Å². The number of carbonyl (C=O) groups excluding carboxylic acids is 1. The van der Waals surface area contributed by atoms with Gasteiger partial charge in [-0.1, -0.05) is 6.07 Å². The number of nitrogens with zero attached hydrogens (tertiary/aromatic N) is 1. The molecule has 5 heteroatoms. The number of carbonyl (C=O) groups is 1. The lowest BCUT2D eigenvalue weighted by Gasteiger charge is -2.32. The van der Waals surface area contributed by atoms with Crippen molar-refractivity contribution in [1.29, 1.82) is 0 Å². The number of hydrogen-bond donors (Lipinski definition) is 0. The molecule has 0 spiro atoms. The van der Waals surface area contributed by atoms with E-state index in [4.69, 9.17) is 4.74 Å². The largest absolute Gasteiger partial charge is 0.384 e. The SMILES string of the molecule is COCC1CCCN(C(=O)c2c(F)cccc2Br)C1. The van der Waals surface area contributed by atoms with Gasteiger partial charge in [0.05, 0.1) is 12.2 Å². The first-order valence-electron chi connectivity index (χ1n) is 6.35. The van der Waals surface area contributed by atoms with Crippen LogP contribution in [0.5, 0.6) is 0 Å². The minimum Gasteiger partial charge on any atom is -0.384 e. The van der Waals surface area contributed by atoms with E-state index in [1.807, 2.05) is 0 Å². The van der Waals surface area contributed by atoms with E-state index in [0.717, 1.165) is 12.8 Å². The van der Waals surface area contributed by atoms with Crippen LogP contribution >= 0.6 is 15.9 Å². The van der Waals surface area contributed by atoms with Gasteiger partial charge in [-0.2, -0.15) is 0 Å². The highest BCUT2D eigenvalue weighted by molar-refractivity contribution is 9.10. The molecule has 1 heterocycles. The summed E-state index contributed by atoms with van der Waals surface area (Å²) in [5, 5.41) is 0. The number of piperidine rings is 1. The van der Waals surface area contributed by atoms with E-state index in [1.54, 1.807) is 24.1 Å². The first-order valence-corrected chi connectivity index (χ1v) is 7.15. The van der Waals surface area contributed by atoms with Gasteiger partial charge in [0.2, 0.25) is 0 Å². The van der Waals surface area contributed by atoms with Crippen LogP contribution in [0, 0.1) is 11.7 Å². The molecule has 0 saturated carbocycles. The Morgan fingerprint density at radius 3 is 3.05 bits per heavy atom. The number of ether oxygens (including phenoxy) is 1. The fourth-order valence-electron chi connectivity index (χ4n) is 2.48. The maximum atomic E-state index is 13.8. The van der Waals surface area contributed by atoms with Crippen molar-refractivity contribution < 1.29 is 13.9 Å². The Balaban J connectivity index is 2.15. The van der Waals surface area contributed by atoms with E-state index in [9.17, 15) is 9.18 Å². The molecule has 0 aromatic heterocycles. The lowest BCUT2D eigenvalue weighted by molar-refractivity contribution is 0.0566. The Morgan fingerprint density at radius 2 is 2.37 bits per heavy atom. The maximum absolute atomic E-state index is 13.8. The van der Waals surface area contributed by atoms with Crippen molar-refractivity contribution in [1.82, 2.24) is 4.90 Å². The van der Waals surface area contributed by atoms with E-state index in [0.29, 0.717) is 30.1 Å². The Labute approximate surface area is 120 Å². The first-order chi connectivity index (χ1) is 9.13. The summed E-state index contributed by atoms with van der Waals surface area (Å²) in [6.45, 7) is 1.95. The van der Waals surface area contributed by atoms with Crippen molar-refractivity contribution in [2.75, 3.05) is 26.8 Å². The molecule has 1 aromatic rings. The standard InChI is InChI=1S/C14H17BrFNO2/c1-19-9-10-4-3-7-17(8-10)14(18)13-11(15)5-2-6-12(13)16/h2,5-6,10H,3-4,7-9H2,1H3. The van der Waals surface area contributed by atoms with Crippen molar-refractivity contribution in [2.24, 2.45) is 5.92 Å². The van der Waals surface area contributed by atoms with E-state index in [1.165, 1.54) is 6.07 Å². The first kappa shape index (κ1) is 14.5. The molecule has 0 bridgehead atoms. The van der Waals surface area contributed by atoms with Crippen LogP contribution in [-0.4, -0.2) is 37.6 Å². The second-order valence-corrected chi connectivity index (χ2v) is 5.67. The lowest BCUT2D eigenvalue weighted by Crippen LogP contribution is -2.41.